The summed E-state index contributed by atoms with van der Waals surface area (Å²) in [6, 6.07) is 8.16. The molecule has 0 saturated carbocycles. The van der Waals surface area contributed by atoms with Crippen LogP contribution in [0, 0.1) is 20.8 Å². The van der Waals surface area contributed by atoms with Crippen molar-refractivity contribution in [1.82, 2.24) is 15.3 Å². The number of carbonyl (C=O) groups excluding carboxylic acids is 1. The number of nitrogens with one attached hydrogen (secondary N) is 1. The van der Waals surface area contributed by atoms with Crippen molar-refractivity contribution in [3.05, 3.63) is 52.2 Å². The Balaban J connectivity index is 1.62. The molecule has 0 saturated heterocycles. The number of rotatable bonds is 5. The molecule has 0 aliphatic rings. The van der Waals surface area contributed by atoms with Gasteiger partial charge in [-0.05, 0) is 31.9 Å². The van der Waals surface area contributed by atoms with Gasteiger partial charge in [0.25, 0.3) is 0 Å². The fourth-order valence-electron chi connectivity index (χ4n) is 2.47. The number of hydrogen-bond donors (Lipinski definition) is 1. The highest BCUT2D eigenvalue weighted by Gasteiger charge is 2.13. The lowest BCUT2D eigenvalue weighted by molar-refractivity contribution is -0.118. The average Bonchev–Trinajstić information content (AvgIpc) is 2.86. The highest BCUT2D eigenvalue weighted by Crippen LogP contribution is 2.34. The minimum Gasteiger partial charge on any atom is -0.351 e. The smallest absolute Gasteiger partial charge is 0.230 e. The zero-order valence-corrected chi connectivity index (χ0v) is 15.6. The quantitative estimate of drug-likeness (QED) is 0.553. The molecule has 0 bridgehead atoms. The fourth-order valence-corrected chi connectivity index (χ4v) is 4.41. The van der Waals surface area contributed by atoms with Crippen LogP contribution in [0.3, 0.4) is 0 Å². The van der Waals surface area contributed by atoms with E-state index in [0.29, 0.717) is 12.3 Å². The van der Waals surface area contributed by atoms with Crippen molar-refractivity contribution >= 4 is 39.2 Å². The maximum Gasteiger partial charge on any atom is 0.230 e. The number of hydrogen-bond acceptors (Lipinski definition) is 5. The predicted octanol–water partition coefficient (Wildman–Crippen LogP) is 4.03. The Bertz CT molecular complexity index is 889. The maximum absolute atomic E-state index is 12.1. The molecule has 0 spiro atoms. The second-order valence-electron chi connectivity index (χ2n) is 5.70. The Morgan fingerprint density at radius 3 is 2.88 bits per heavy atom. The molecule has 0 atom stereocenters. The summed E-state index contributed by atoms with van der Waals surface area (Å²) in [5.74, 6) is 0.365. The second kappa shape index (κ2) is 7.32. The van der Waals surface area contributed by atoms with E-state index in [1.807, 2.05) is 25.1 Å². The first kappa shape index (κ1) is 16.9. The number of nitrogens with zero attached hydrogens (tertiary/aromatic N) is 2. The summed E-state index contributed by atoms with van der Waals surface area (Å²) in [5, 5.41) is 4.93. The minimum absolute atomic E-state index is 0.0119. The van der Waals surface area contributed by atoms with E-state index in [9.17, 15) is 4.79 Å². The van der Waals surface area contributed by atoms with Crippen molar-refractivity contribution in [2.75, 3.05) is 5.75 Å². The molecule has 3 rings (SSSR count). The van der Waals surface area contributed by atoms with E-state index < -0.39 is 0 Å². The molecule has 4 nitrogen and oxygen atoms in total. The molecular weight excluding hydrogens is 338 g/mol. The van der Waals surface area contributed by atoms with Crippen molar-refractivity contribution in [3.63, 3.8) is 0 Å². The molecular formula is C18H19N3OS2. The van der Waals surface area contributed by atoms with Gasteiger partial charge in [0, 0.05) is 16.8 Å². The Morgan fingerprint density at radius 1 is 1.25 bits per heavy atom. The number of thiophene rings is 1. The summed E-state index contributed by atoms with van der Waals surface area (Å²) in [4.78, 5) is 23.1. The van der Waals surface area contributed by atoms with E-state index in [2.05, 4.69) is 35.2 Å². The van der Waals surface area contributed by atoms with Gasteiger partial charge >= 0.3 is 0 Å². The third kappa shape index (κ3) is 3.76. The molecule has 2 heterocycles. The van der Waals surface area contributed by atoms with Crippen LogP contribution in [0.15, 0.2) is 35.6 Å². The molecule has 24 heavy (non-hydrogen) atoms. The summed E-state index contributed by atoms with van der Waals surface area (Å²) < 4.78 is 0. The standard InChI is InChI=1S/C18H19N3OS2/c1-11-5-4-6-14(7-11)8-19-15(22)9-23-17-16-12(2)13(3)24-18(16)21-10-20-17/h4-7,10H,8-9H2,1-3H3,(H,19,22). The SMILES string of the molecule is Cc1cccc(CNC(=O)CSc2ncnc3sc(C)c(C)c23)c1. The van der Waals surface area contributed by atoms with Gasteiger partial charge in [-0.2, -0.15) is 0 Å². The van der Waals surface area contributed by atoms with Gasteiger partial charge in [0.15, 0.2) is 0 Å². The van der Waals surface area contributed by atoms with Crippen LogP contribution in [-0.4, -0.2) is 21.6 Å². The molecule has 0 unspecified atom stereocenters. The van der Waals surface area contributed by atoms with E-state index >= 15 is 0 Å². The number of benzene rings is 1. The van der Waals surface area contributed by atoms with Crippen molar-refractivity contribution in [1.29, 1.82) is 0 Å². The van der Waals surface area contributed by atoms with Crippen LogP contribution in [0.5, 0.6) is 0 Å². The van der Waals surface area contributed by atoms with Gasteiger partial charge in [-0.15, -0.1) is 11.3 Å². The molecule has 2 aromatic heterocycles. The summed E-state index contributed by atoms with van der Waals surface area (Å²) in [6.45, 7) is 6.77. The molecule has 1 amide bonds. The second-order valence-corrected chi connectivity index (χ2v) is 7.86. The Morgan fingerprint density at radius 2 is 2.08 bits per heavy atom. The lowest BCUT2D eigenvalue weighted by Gasteiger charge is -2.06. The molecule has 3 aromatic rings. The fraction of sp³-hybridized carbons (Fsp3) is 0.278. The van der Waals surface area contributed by atoms with E-state index in [4.69, 9.17) is 0 Å². The topological polar surface area (TPSA) is 54.9 Å². The highest BCUT2D eigenvalue weighted by atomic mass is 32.2. The van der Waals surface area contributed by atoms with Gasteiger partial charge in [-0.25, -0.2) is 9.97 Å². The summed E-state index contributed by atoms with van der Waals surface area (Å²) in [5.41, 5.74) is 3.52. The molecule has 6 heteroatoms. The van der Waals surface area contributed by atoms with Crippen molar-refractivity contribution in [3.8, 4) is 0 Å². The monoisotopic (exact) mass is 357 g/mol. The number of amides is 1. The zero-order valence-electron chi connectivity index (χ0n) is 13.9. The van der Waals surface area contributed by atoms with Gasteiger partial charge in [0.1, 0.15) is 16.2 Å². The number of aryl methyl sites for hydroxylation is 3. The van der Waals surface area contributed by atoms with Gasteiger partial charge in [-0.1, -0.05) is 41.6 Å². The molecule has 0 radical (unpaired) electrons. The molecule has 1 aromatic carbocycles. The third-order valence-corrected chi connectivity index (χ3v) is 5.95. The summed E-state index contributed by atoms with van der Waals surface area (Å²) in [7, 11) is 0. The first-order valence-electron chi connectivity index (χ1n) is 7.70. The molecule has 1 N–H and O–H groups in total. The van der Waals surface area contributed by atoms with Crippen LogP contribution in [0.2, 0.25) is 0 Å². The van der Waals surface area contributed by atoms with Crippen LogP contribution in [-0.2, 0) is 11.3 Å². The molecule has 0 fully saturated rings. The molecule has 0 aliphatic heterocycles. The lowest BCUT2D eigenvalue weighted by atomic mass is 10.1. The summed E-state index contributed by atoms with van der Waals surface area (Å²) in [6.07, 6.45) is 1.57. The normalized spacial score (nSPS) is 11.0. The number of fused-ring (bicyclic) bond motifs is 1. The molecule has 124 valence electrons. The zero-order chi connectivity index (χ0) is 17.1. The number of aromatic nitrogens is 2. The van der Waals surface area contributed by atoms with Gasteiger partial charge in [-0.3, -0.25) is 4.79 Å². The number of carbonyl (C=O) groups is 1. The van der Waals surface area contributed by atoms with Crippen LogP contribution < -0.4 is 5.32 Å². The van der Waals surface area contributed by atoms with Gasteiger partial charge in [0.05, 0.1) is 5.75 Å². The van der Waals surface area contributed by atoms with E-state index in [0.717, 1.165) is 20.8 Å². The average molecular weight is 358 g/mol. The van der Waals surface area contributed by atoms with Crippen LogP contribution in [0.4, 0.5) is 0 Å². The largest absolute Gasteiger partial charge is 0.351 e. The third-order valence-electron chi connectivity index (χ3n) is 3.84. The number of thioether (sulfide) groups is 1. The van der Waals surface area contributed by atoms with Crippen LogP contribution in [0.25, 0.3) is 10.2 Å². The van der Waals surface area contributed by atoms with E-state index in [1.54, 1.807) is 17.7 Å². The van der Waals surface area contributed by atoms with Crippen LogP contribution >= 0.6 is 23.1 Å². The maximum atomic E-state index is 12.1. The van der Waals surface area contributed by atoms with Gasteiger partial charge < -0.3 is 5.32 Å². The lowest BCUT2D eigenvalue weighted by Crippen LogP contribution is -2.24. The highest BCUT2D eigenvalue weighted by molar-refractivity contribution is 8.00. The Hall–Kier alpha value is -1.92. The van der Waals surface area contributed by atoms with E-state index in [-0.39, 0.29) is 5.91 Å². The van der Waals surface area contributed by atoms with Crippen molar-refractivity contribution < 1.29 is 4.79 Å². The van der Waals surface area contributed by atoms with E-state index in [1.165, 1.54) is 27.8 Å². The molecule has 0 aliphatic carbocycles. The predicted molar refractivity (Wildman–Crippen MR) is 101 cm³/mol. The van der Waals surface area contributed by atoms with Gasteiger partial charge in [0.2, 0.25) is 5.91 Å². The first-order chi connectivity index (χ1) is 11.5. The van der Waals surface area contributed by atoms with Crippen LogP contribution in [0.1, 0.15) is 21.6 Å². The first-order valence-corrected chi connectivity index (χ1v) is 9.50. The summed E-state index contributed by atoms with van der Waals surface area (Å²) >= 11 is 3.14. The van der Waals surface area contributed by atoms with Crippen molar-refractivity contribution in [2.45, 2.75) is 32.3 Å². The van der Waals surface area contributed by atoms with Crippen molar-refractivity contribution in [2.24, 2.45) is 0 Å². The minimum atomic E-state index is 0.0119. The Labute approximate surface area is 149 Å². The Kier molecular flexibility index (Phi) is 5.16.